The highest BCUT2D eigenvalue weighted by molar-refractivity contribution is 5.87. The molecule has 1 aromatic heterocycles. The average Bonchev–Trinajstić information content (AvgIpc) is 2.85. The standard InChI is InChI=1S/C12H15N5O2/c1-2-7-17-12(14-15-16-17)13-8-9-3-5-10(6-4-9)11(18)19/h3-6H,2,7-8H2,1H3,(H,18,19)(H,13,14,16). The highest BCUT2D eigenvalue weighted by Crippen LogP contribution is 2.07. The van der Waals surface area contributed by atoms with E-state index in [0.717, 1.165) is 18.5 Å². The van der Waals surface area contributed by atoms with Gasteiger partial charge in [-0.05, 0) is 34.5 Å². The molecule has 0 spiro atoms. The predicted octanol–water partition coefficient (Wildman–Crippen LogP) is 1.39. The van der Waals surface area contributed by atoms with E-state index in [1.54, 1.807) is 28.9 Å². The van der Waals surface area contributed by atoms with Gasteiger partial charge in [0.25, 0.3) is 0 Å². The summed E-state index contributed by atoms with van der Waals surface area (Å²) < 4.78 is 1.70. The van der Waals surface area contributed by atoms with E-state index >= 15 is 0 Å². The number of nitrogens with zero attached hydrogens (tertiary/aromatic N) is 4. The van der Waals surface area contributed by atoms with E-state index in [-0.39, 0.29) is 5.56 Å². The Morgan fingerprint density at radius 3 is 2.74 bits per heavy atom. The van der Waals surface area contributed by atoms with Crippen molar-refractivity contribution >= 4 is 11.9 Å². The smallest absolute Gasteiger partial charge is 0.335 e. The molecule has 0 saturated carbocycles. The molecule has 0 unspecified atom stereocenters. The molecule has 0 fully saturated rings. The topological polar surface area (TPSA) is 92.9 Å². The van der Waals surface area contributed by atoms with Crippen molar-refractivity contribution in [1.29, 1.82) is 0 Å². The molecule has 0 aliphatic rings. The first-order chi connectivity index (χ1) is 9.20. The maximum absolute atomic E-state index is 10.7. The van der Waals surface area contributed by atoms with Crippen LogP contribution in [0.4, 0.5) is 5.95 Å². The molecule has 0 aliphatic heterocycles. The summed E-state index contributed by atoms with van der Waals surface area (Å²) in [6.07, 6.45) is 0.951. The summed E-state index contributed by atoms with van der Waals surface area (Å²) >= 11 is 0. The average molecular weight is 261 g/mol. The first-order valence-electron chi connectivity index (χ1n) is 6.03. The minimum Gasteiger partial charge on any atom is -0.478 e. The van der Waals surface area contributed by atoms with Crippen molar-refractivity contribution in [3.63, 3.8) is 0 Å². The number of carbonyl (C=O) groups is 1. The number of anilines is 1. The molecule has 7 nitrogen and oxygen atoms in total. The van der Waals surface area contributed by atoms with E-state index in [1.165, 1.54) is 0 Å². The van der Waals surface area contributed by atoms with Crippen LogP contribution in [0.25, 0.3) is 0 Å². The maximum atomic E-state index is 10.7. The van der Waals surface area contributed by atoms with Crippen molar-refractivity contribution < 1.29 is 9.90 Å². The molecule has 100 valence electrons. The minimum atomic E-state index is -0.925. The number of benzene rings is 1. The normalized spacial score (nSPS) is 10.4. The van der Waals surface area contributed by atoms with E-state index in [0.29, 0.717) is 12.5 Å². The van der Waals surface area contributed by atoms with Gasteiger partial charge in [0, 0.05) is 13.1 Å². The second-order valence-corrected chi connectivity index (χ2v) is 4.08. The fraction of sp³-hybridized carbons (Fsp3) is 0.333. The zero-order chi connectivity index (χ0) is 13.7. The Morgan fingerprint density at radius 1 is 1.37 bits per heavy atom. The third-order valence-electron chi connectivity index (χ3n) is 2.62. The summed E-state index contributed by atoms with van der Waals surface area (Å²) in [5.41, 5.74) is 1.25. The number of rotatable bonds is 6. The van der Waals surface area contributed by atoms with Gasteiger partial charge in [0.15, 0.2) is 0 Å². The quantitative estimate of drug-likeness (QED) is 0.816. The second kappa shape index (κ2) is 5.94. The van der Waals surface area contributed by atoms with Crippen LogP contribution in [0.15, 0.2) is 24.3 Å². The van der Waals surface area contributed by atoms with Gasteiger partial charge >= 0.3 is 5.97 Å². The largest absolute Gasteiger partial charge is 0.478 e. The SMILES string of the molecule is CCCn1nnnc1NCc1ccc(C(=O)O)cc1. The van der Waals surface area contributed by atoms with Crippen LogP contribution in [0.1, 0.15) is 29.3 Å². The van der Waals surface area contributed by atoms with Crippen molar-refractivity contribution in [1.82, 2.24) is 20.2 Å². The van der Waals surface area contributed by atoms with Crippen LogP contribution in [-0.2, 0) is 13.1 Å². The van der Waals surface area contributed by atoms with E-state index < -0.39 is 5.97 Å². The van der Waals surface area contributed by atoms with E-state index in [1.807, 2.05) is 0 Å². The monoisotopic (exact) mass is 261 g/mol. The van der Waals surface area contributed by atoms with E-state index in [9.17, 15) is 4.79 Å². The number of hydrogen-bond acceptors (Lipinski definition) is 5. The summed E-state index contributed by atoms with van der Waals surface area (Å²) in [6, 6.07) is 6.69. The van der Waals surface area contributed by atoms with Crippen LogP contribution in [-0.4, -0.2) is 31.3 Å². The Labute approximate surface area is 110 Å². The lowest BCUT2D eigenvalue weighted by molar-refractivity contribution is 0.0697. The molecule has 1 aromatic carbocycles. The van der Waals surface area contributed by atoms with Gasteiger partial charge in [-0.1, -0.05) is 24.2 Å². The molecular weight excluding hydrogens is 246 g/mol. The summed E-state index contributed by atoms with van der Waals surface area (Å²) in [5.74, 6) is -0.310. The Kier molecular flexibility index (Phi) is 4.07. The molecule has 0 radical (unpaired) electrons. The molecule has 2 rings (SSSR count). The van der Waals surface area contributed by atoms with Crippen LogP contribution >= 0.6 is 0 Å². The number of nitrogens with one attached hydrogen (secondary N) is 1. The molecule has 0 amide bonds. The highest BCUT2D eigenvalue weighted by Gasteiger charge is 2.05. The lowest BCUT2D eigenvalue weighted by Crippen LogP contribution is -2.09. The van der Waals surface area contributed by atoms with Crippen LogP contribution in [0.2, 0.25) is 0 Å². The Hall–Kier alpha value is -2.44. The van der Waals surface area contributed by atoms with Gasteiger partial charge in [0.1, 0.15) is 0 Å². The second-order valence-electron chi connectivity index (χ2n) is 4.08. The molecule has 7 heteroatoms. The third-order valence-corrected chi connectivity index (χ3v) is 2.62. The van der Waals surface area contributed by atoms with Gasteiger partial charge in [0.2, 0.25) is 5.95 Å². The Balaban J connectivity index is 1.98. The van der Waals surface area contributed by atoms with Crippen LogP contribution < -0.4 is 5.32 Å². The van der Waals surface area contributed by atoms with Gasteiger partial charge < -0.3 is 10.4 Å². The Morgan fingerprint density at radius 2 is 2.11 bits per heavy atom. The fourth-order valence-corrected chi connectivity index (χ4v) is 1.64. The van der Waals surface area contributed by atoms with Gasteiger partial charge in [-0.2, -0.15) is 0 Å². The van der Waals surface area contributed by atoms with Crippen molar-refractivity contribution in [3.05, 3.63) is 35.4 Å². The van der Waals surface area contributed by atoms with Crippen molar-refractivity contribution in [2.75, 3.05) is 5.32 Å². The summed E-state index contributed by atoms with van der Waals surface area (Å²) in [4.78, 5) is 10.7. The molecule has 1 heterocycles. The lowest BCUT2D eigenvalue weighted by Gasteiger charge is -2.06. The first kappa shape index (κ1) is 13.0. The third kappa shape index (κ3) is 3.27. The zero-order valence-electron chi connectivity index (χ0n) is 10.6. The summed E-state index contributed by atoms with van der Waals surface area (Å²) in [6.45, 7) is 3.35. The molecule has 19 heavy (non-hydrogen) atoms. The number of aromatic carboxylic acids is 1. The molecule has 0 bridgehead atoms. The number of carboxylic acid groups (broad SMARTS) is 1. The minimum absolute atomic E-state index is 0.277. The fourth-order valence-electron chi connectivity index (χ4n) is 1.64. The van der Waals surface area contributed by atoms with E-state index in [4.69, 9.17) is 5.11 Å². The van der Waals surface area contributed by atoms with Gasteiger partial charge in [0.05, 0.1) is 5.56 Å². The van der Waals surface area contributed by atoms with Crippen LogP contribution in [0, 0.1) is 0 Å². The molecule has 0 aliphatic carbocycles. The van der Waals surface area contributed by atoms with E-state index in [2.05, 4.69) is 27.8 Å². The first-order valence-corrected chi connectivity index (χ1v) is 6.03. The Bertz CT molecular complexity index is 550. The predicted molar refractivity (Wildman–Crippen MR) is 68.8 cm³/mol. The van der Waals surface area contributed by atoms with Crippen molar-refractivity contribution in [3.8, 4) is 0 Å². The molecule has 2 aromatic rings. The molecule has 2 N–H and O–H groups in total. The van der Waals surface area contributed by atoms with Crippen LogP contribution in [0.3, 0.4) is 0 Å². The zero-order valence-corrected chi connectivity index (χ0v) is 10.6. The number of carboxylic acids is 1. The molecule has 0 saturated heterocycles. The number of hydrogen-bond donors (Lipinski definition) is 2. The number of aryl methyl sites for hydroxylation is 1. The molecule has 0 atom stereocenters. The van der Waals surface area contributed by atoms with Crippen LogP contribution in [0.5, 0.6) is 0 Å². The lowest BCUT2D eigenvalue weighted by atomic mass is 10.1. The molecular formula is C12H15N5O2. The maximum Gasteiger partial charge on any atom is 0.335 e. The number of tetrazole rings is 1. The van der Waals surface area contributed by atoms with Crippen molar-refractivity contribution in [2.45, 2.75) is 26.4 Å². The van der Waals surface area contributed by atoms with Gasteiger partial charge in [-0.3, -0.25) is 0 Å². The van der Waals surface area contributed by atoms with Gasteiger partial charge in [-0.15, -0.1) is 0 Å². The van der Waals surface area contributed by atoms with Crippen molar-refractivity contribution in [2.24, 2.45) is 0 Å². The summed E-state index contributed by atoms with van der Waals surface area (Å²) in [5, 5.41) is 23.3. The van der Waals surface area contributed by atoms with Gasteiger partial charge in [-0.25, -0.2) is 9.48 Å². The highest BCUT2D eigenvalue weighted by atomic mass is 16.4. The summed E-state index contributed by atoms with van der Waals surface area (Å²) in [7, 11) is 0. The number of aromatic nitrogens is 4.